The average molecular weight is 267 g/mol. The highest BCUT2D eigenvalue weighted by Crippen LogP contribution is 2.23. The SMILES string of the molecule is CCOC(=O)CC(O)C(O)c1cccc(N(C)C)c1. The van der Waals surface area contributed by atoms with E-state index < -0.39 is 18.2 Å². The third kappa shape index (κ3) is 4.54. The molecule has 5 heteroatoms. The summed E-state index contributed by atoms with van der Waals surface area (Å²) in [6, 6.07) is 7.18. The van der Waals surface area contributed by atoms with E-state index in [2.05, 4.69) is 0 Å². The number of aliphatic hydroxyl groups is 2. The molecule has 0 aliphatic rings. The van der Waals surface area contributed by atoms with E-state index in [-0.39, 0.29) is 13.0 Å². The zero-order valence-electron chi connectivity index (χ0n) is 11.5. The van der Waals surface area contributed by atoms with Gasteiger partial charge in [-0.2, -0.15) is 0 Å². The summed E-state index contributed by atoms with van der Waals surface area (Å²) in [6.45, 7) is 1.96. The van der Waals surface area contributed by atoms with Crippen molar-refractivity contribution in [1.29, 1.82) is 0 Å². The predicted molar refractivity (Wildman–Crippen MR) is 73.0 cm³/mol. The molecule has 2 atom stereocenters. The standard InChI is InChI=1S/C14H21NO4/c1-4-19-13(17)9-12(16)14(18)10-6-5-7-11(8-10)15(2)3/h5-8,12,14,16,18H,4,9H2,1-3H3. The van der Waals surface area contributed by atoms with Crippen LogP contribution in [0, 0.1) is 0 Å². The van der Waals surface area contributed by atoms with Gasteiger partial charge in [0.2, 0.25) is 0 Å². The van der Waals surface area contributed by atoms with Gasteiger partial charge in [-0.05, 0) is 24.6 Å². The van der Waals surface area contributed by atoms with E-state index in [1.54, 1.807) is 25.1 Å². The van der Waals surface area contributed by atoms with Gasteiger partial charge >= 0.3 is 5.97 Å². The Morgan fingerprint density at radius 3 is 2.63 bits per heavy atom. The lowest BCUT2D eigenvalue weighted by Gasteiger charge is -2.20. The molecule has 0 bridgehead atoms. The van der Waals surface area contributed by atoms with Crippen LogP contribution in [0.2, 0.25) is 0 Å². The number of benzene rings is 1. The molecule has 2 unspecified atom stereocenters. The molecule has 0 aliphatic heterocycles. The smallest absolute Gasteiger partial charge is 0.308 e. The molecule has 19 heavy (non-hydrogen) atoms. The third-order valence-corrected chi connectivity index (χ3v) is 2.77. The third-order valence-electron chi connectivity index (χ3n) is 2.77. The Kier molecular flexibility index (Phi) is 5.79. The zero-order chi connectivity index (χ0) is 14.4. The molecular weight excluding hydrogens is 246 g/mol. The lowest BCUT2D eigenvalue weighted by molar-refractivity contribution is -0.147. The molecule has 0 aliphatic carbocycles. The van der Waals surface area contributed by atoms with E-state index in [1.807, 2.05) is 25.1 Å². The number of hydrogen-bond acceptors (Lipinski definition) is 5. The molecule has 0 radical (unpaired) electrons. The van der Waals surface area contributed by atoms with Crippen molar-refractivity contribution in [3.63, 3.8) is 0 Å². The number of anilines is 1. The number of carbonyl (C=O) groups is 1. The summed E-state index contributed by atoms with van der Waals surface area (Å²) in [6.07, 6.45) is -2.50. The largest absolute Gasteiger partial charge is 0.466 e. The number of esters is 1. The molecule has 0 spiro atoms. The minimum atomic E-state index is -1.17. The summed E-state index contributed by atoms with van der Waals surface area (Å²) in [7, 11) is 3.78. The Labute approximate surface area is 113 Å². The van der Waals surface area contributed by atoms with Crippen molar-refractivity contribution in [1.82, 2.24) is 0 Å². The van der Waals surface area contributed by atoms with Crippen LogP contribution in [0.15, 0.2) is 24.3 Å². The van der Waals surface area contributed by atoms with Crippen LogP contribution in [-0.4, -0.2) is 43.0 Å². The number of ether oxygens (including phenoxy) is 1. The van der Waals surface area contributed by atoms with E-state index in [0.29, 0.717) is 5.56 Å². The number of carbonyl (C=O) groups excluding carboxylic acids is 1. The van der Waals surface area contributed by atoms with Crippen LogP contribution in [0.1, 0.15) is 25.0 Å². The van der Waals surface area contributed by atoms with Gasteiger partial charge in [0.15, 0.2) is 0 Å². The van der Waals surface area contributed by atoms with E-state index >= 15 is 0 Å². The Morgan fingerprint density at radius 2 is 2.05 bits per heavy atom. The van der Waals surface area contributed by atoms with Crippen molar-refractivity contribution in [2.45, 2.75) is 25.6 Å². The molecule has 5 nitrogen and oxygen atoms in total. The van der Waals surface area contributed by atoms with Crippen molar-refractivity contribution in [3.05, 3.63) is 29.8 Å². The van der Waals surface area contributed by atoms with Gasteiger partial charge in [0.05, 0.1) is 19.1 Å². The van der Waals surface area contributed by atoms with Crippen LogP contribution >= 0.6 is 0 Å². The summed E-state index contributed by atoms with van der Waals surface area (Å²) in [5.41, 5.74) is 1.49. The number of aliphatic hydroxyl groups excluding tert-OH is 2. The predicted octanol–water partition coefficient (Wildman–Crippen LogP) is 1.10. The molecule has 1 rings (SSSR count). The molecule has 1 aromatic rings. The van der Waals surface area contributed by atoms with E-state index in [0.717, 1.165) is 5.69 Å². The average Bonchev–Trinajstić information content (AvgIpc) is 2.38. The molecule has 106 valence electrons. The highest BCUT2D eigenvalue weighted by molar-refractivity contribution is 5.70. The Balaban J connectivity index is 2.73. The Morgan fingerprint density at radius 1 is 1.37 bits per heavy atom. The summed E-state index contributed by atoms with van der Waals surface area (Å²) >= 11 is 0. The highest BCUT2D eigenvalue weighted by Gasteiger charge is 2.22. The molecule has 1 aromatic carbocycles. The number of nitrogens with zero attached hydrogens (tertiary/aromatic N) is 1. The monoisotopic (exact) mass is 267 g/mol. The van der Waals surface area contributed by atoms with Crippen molar-refractivity contribution in [2.24, 2.45) is 0 Å². The summed E-state index contributed by atoms with van der Waals surface area (Å²) in [5, 5.41) is 19.9. The van der Waals surface area contributed by atoms with Crippen LogP contribution in [0.5, 0.6) is 0 Å². The van der Waals surface area contributed by atoms with Crippen molar-refractivity contribution in [2.75, 3.05) is 25.6 Å². The van der Waals surface area contributed by atoms with Gasteiger partial charge in [-0.1, -0.05) is 12.1 Å². The molecule has 0 heterocycles. The van der Waals surface area contributed by atoms with Gasteiger partial charge in [-0.3, -0.25) is 4.79 Å². The first-order chi connectivity index (χ1) is 8.95. The van der Waals surface area contributed by atoms with Crippen molar-refractivity contribution >= 4 is 11.7 Å². The fraction of sp³-hybridized carbons (Fsp3) is 0.500. The molecule has 0 fully saturated rings. The van der Waals surface area contributed by atoms with Crippen LogP contribution in [0.3, 0.4) is 0 Å². The van der Waals surface area contributed by atoms with E-state index in [1.165, 1.54) is 0 Å². The van der Waals surface area contributed by atoms with Gasteiger partial charge in [0.25, 0.3) is 0 Å². The Bertz CT molecular complexity index is 420. The van der Waals surface area contributed by atoms with Crippen molar-refractivity contribution in [3.8, 4) is 0 Å². The minimum Gasteiger partial charge on any atom is -0.466 e. The maximum Gasteiger partial charge on any atom is 0.308 e. The van der Waals surface area contributed by atoms with Crippen LogP contribution < -0.4 is 4.90 Å². The van der Waals surface area contributed by atoms with Gasteiger partial charge in [-0.15, -0.1) is 0 Å². The maximum atomic E-state index is 11.3. The number of hydrogen-bond donors (Lipinski definition) is 2. The fourth-order valence-corrected chi connectivity index (χ4v) is 1.71. The second-order valence-corrected chi connectivity index (χ2v) is 4.51. The quantitative estimate of drug-likeness (QED) is 0.755. The normalized spacial score (nSPS) is 13.7. The molecular formula is C14H21NO4. The lowest BCUT2D eigenvalue weighted by Crippen LogP contribution is -2.23. The lowest BCUT2D eigenvalue weighted by atomic mass is 10.0. The number of rotatable bonds is 6. The van der Waals surface area contributed by atoms with Gasteiger partial charge in [0.1, 0.15) is 6.10 Å². The molecule has 2 N–H and O–H groups in total. The van der Waals surface area contributed by atoms with Gasteiger partial charge < -0.3 is 19.8 Å². The molecule has 0 aromatic heterocycles. The molecule has 0 saturated heterocycles. The second-order valence-electron chi connectivity index (χ2n) is 4.51. The van der Waals surface area contributed by atoms with Crippen molar-refractivity contribution < 1.29 is 19.7 Å². The van der Waals surface area contributed by atoms with Gasteiger partial charge in [0, 0.05) is 19.8 Å². The fourth-order valence-electron chi connectivity index (χ4n) is 1.71. The van der Waals surface area contributed by atoms with E-state index in [9.17, 15) is 15.0 Å². The van der Waals surface area contributed by atoms with E-state index in [4.69, 9.17) is 4.74 Å². The zero-order valence-corrected chi connectivity index (χ0v) is 11.5. The maximum absolute atomic E-state index is 11.3. The summed E-state index contributed by atoms with van der Waals surface area (Å²) < 4.78 is 4.74. The van der Waals surface area contributed by atoms with Crippen LogP contribution in [0.4, 0.5) is 5.69 Å². The highest BCUT2D eigenvalue weighted by atomic mass is 16.5. The van der Waals surface area contributed by atoms with Crippen LogP contribution in [0.25, 0.3) is 0 Å². The summed E-state index contributed by atoms with van der Waals surface area (Å²) in [4.78, 5) is 13.2. The summed E-state index contributed by atoms with van der Waals surface area (Å²) in [5.74, 6) is -0.516. The first-order valence-corrected chi connectivity index (χ1v) is 6.24. The minimum absolute atomic E-state index is 0.221. The molecule has 0 amide bonds. The van der Waals surface area contributed by atoms with Crippen LogP contribution in [-0.2, 0) is 9.53 Å². The molecule has 0 saturated carbocycles. The topological polar surface area (TPSA) is 70.0 Å². The Hall–Kier alpha value is -1.59. The second kappa shape index (κ2) is 7.11. The first kappa shape index (κ1) is 15.5. The first-order valence-electron chi connectivity index (χ1n) is 6.24. The van der Waals surface area contributed by atoms with Gasteiger partial charge in [-0.25, -0.2) is 0 Å².